The third-order valence-electron chi connectivity index (χ3n) is 13.5. The van der Waals surface area contributed by atoms with Crippen molar-refractivity contribution in [1.82, 2.24) is 36.4 Å². The first-order chi connectivity index (χ1) is 33.6. The fraction of sp³-hybridized carbons (Fsp3) is 0.729. The highest BCUT2D eigenvalue weighted by atomic mass is 16.3. The smallest absolute Gasteiger partial charge is 0.248 e. The van der Waals surface area contributed by atoms with Gasteiger partial charge in [-0.05, 0) is 38.0 Å². The Bertz CT molecular complexity index is 1940. The van der Waals surface area contributed by atoms with Crippen LogP contribution in [0.5, 0.6) is 5.75 Å². The van der Waals surface area contributed by atoms with E-state index in [0.717, 1.165) is 61.5 Å². The Morgan fingerprint density at radius 3 is 1.75 bits per heavy atom. The van der Waals surface area contributed by atoms with E-state index in [1.807, 2.05) is 0 Å². The summed E-state index contributed by atoms with van der Waals surface area (Å²) in [4.78, 5) is 99.9. The molecule has 14 N–H and O–H groups in total. The van der Waals surface area contributed by atoms with Crippen molar-refractivity contribution in [2.45, 2.75) is 203 Å². The van der Waals surface area contributed by atoms with Crippen LogP contribution in [0.25, 0.3) is 0 Å². The van der Waals surface area contributed by atoms with Crippen LogP contribution in [0.15, 0.2) is 24.3 Å². The van der Waals surface area contributed by atoms with E-state index >= 15 is 0 Å². The number of carbonyl (C=O) groups excluding carboxylic acids is 7. The Morgan fingerprint density at radius 1 is 0.662 bits per heavy atom. The molecule has 0 saturated carbocycles. The minimum Gasteiger partial charge on any atom is -0.508 e. The number of benzene rings is 1. The number of hydrogen-bond acceptors (Lipinski definition) is 16. The molecule has 1 aromatic carbocycles. The van der Waals surface area contributed by atoms with Gasteiger partial charge in [-0.3, -0.25) is 33.6 Å². The predicted molar refractivity (Wildman–Crippen MR) is 253 cm³/mol. The Hall–Kier alpha value is -5.01. The average Bonchev–Trinajstić information content (AvgIpc) is 3.87. The Labute approximate surface area is 413 Å². The molecule has 3 fully saturated rings. The Balaban J connectivity index is 1.69. The van der Waals surface area contributed by atoms with E-state index in [1.165, 1.54) is 51.2 Å². The van der Waals surface area contributed by atoms with Crippen molar-refractivity contribution in [3.63, 3.8) is 0 Å². The number of aliphatic hydroxyl groups is 8. The van der Waals surface area contributed by atoms with E-state index in [-0.39, 0.29) is 24.3 Å². The number of nitrogens with one attached hydrogen (secondary N) is 5. The van der Waals surface area contributed by atoms with E-state index in [2.05, 4.69) is 33.5 Å². The lowest BCUT2D eigenvalue weighted by atomic mass is 9.96. The number of nitrogens with zero attached hydrogens (tertiary/aromatic N) is 2. The molecule has 0 aliphatic carbocycles. The van der Waals surface area contributed by atoms with Crippen molar-refractivity contribution in [3.8, 4) is 5.75 Å². The summed E-state index contributed by atoms with van der Waals surface area (Å²) in [6, 6.07) is -6.56. The van der Waals surface area contributed by atoms with Crippen LogP contribution in [0.4, 0.5) is 0 Å². The third-order valence-corrected chi connectivity index (χ3v) is 13.5. The van der Waals surface area contributed by atoms with Crippen LogP contribution >= 0.6 is 0 Å². The number of hydrogen-bond donors (Lipinski definition) is 14. The van der Waals surface area contributed by atoms with Crippen molar-refractivity contribution in [1.29, 1.82) is 0 Å². The van der Waals surface area contributed by atoms with E-state index in [9.17, 15) is 79.5 Å². The summed E-state index contributed by atoms with van der Waals surface area (Å²) < 4.78 is 0. The molecule has 1 aromatic rings. The molecule has 71 heavy (non-hydrogen) atoms. The minimum absolute atomic E-state index is 0.0501. The first-order valence-corrected chi connectivity index (χ1v) is 24.9. The van der Waals surface area contributed by atoms with Gasteiger partial charge < -0.3 is 82.3 Å². The van der Waals surface area contributed by atoms with Gasteiger partial charge in [0.15, 0.2) is 6.23 Å². The van der Waals surface area contributed by atoms with Crippen molar-refractivity contribution < 1.29 is 79.5 Å². The second-order valence-corrected chi connectivity index (χ2v) is 19.4. The molecule has 3 aliphatic rings. The van der Waals surface area contributed by atoms with E-state index in [0.29, 0.717) is 12.8 Å². The average molecular weight is 1010 g/mol. The van der Waals surface area contributed by atoms with Gasteiger partial charge in [0.25, 0.3) is 0 Å². The van der Waals surface area contributed by atoms with Crippen LogP contribution < -0.4 is 26.6 Å². The normalized spacial score (nSPS) is 30.2. The zero-order chi connectivity index (χ0) is 52.7. The fourth-order valence-corrected chi connectivity index (χ4v) is 9.24. The van der Waals surface area contributed by atoms with Crippen LogP contribution in [0.1, 0.15) is 129 Å². The van der Waals surface area contributed by atoms with Gasteiger partial charge in [-0.1, -0.05) is 90.2 Å². The second-order valence-electron chi connectivity index (χ2n) is 19.4. The first-order valence-electron chi connectivity index (χ1n) is 24.9. The van der Waals surface area contributed by atoms with Crippen LogP contribution in [-0.4, -0.2) is 189 Å². The molecule has 15 atom stereocenters. The van der Waals surface area contributed by atoms with E-state index in [1.54, 1.807) is 0 Å². The molecule has 3 saturated heterocycles. The monoisotopic (exact) mass is 1010 g/mol. The molecule has 0 spiro atoms. The number of phenolic OH excluding ortho intramolecular Hbond substituents is 1. The van der Waals surface area contributed by atoms with Crippen molar-refractivity contribution in [2.24, 2.45) is 5.92 Å². The number of aromatic hydroxyl groups is 1. The van der Waals surface area contributed by atoms with Gasteiger partial charge in [-0.2, -0.15) is 0 Å². The van der Waals surface area contributed by atoms with Crippen LogP contribution in [0, 0.1) is 5.92 Å². The summed E-state index contributed by atoms with van der Waals surface area (Å²) in [7, 11) is 0. The van der Waals surface area contributed by atoms with Gasteiger partial charge in [0.1, 0.15) is 60.3 Å². The van der Waals surface area contributed by atoms with Gasteiger partial charge in [-0.25, -0.2) is 0 Å². The number of aliphatic hydroxyl groups excluding tert-OH is 8. The van der Waals surface area contributed by atoms with Crippen LogP contribution in [-0.2, 0) is 33.6 Å². The van der Waals surface area contributed by atoms with Crippen molar-refractivity contribution in [3.05, 3.63) is 29.8 Å². The molecular formula is C48H77N7O16. The summed E-state index contributed by atoms with van der Waals surface area (Å²) in [5.74, 6) is -8.92. The summed E-state index contributed by atoms with van der Waals surface area (Å²) in [6.45, 7) is 4.97. The van der Waals surface area contributed by atoms with E-state index in [4.69, 9.17) is 0 Å². The fourth-order valence-electron chi connectivity index (χ4n) is 9.24. The Kier molecular flexibility index (Phi) is 22.9. The molecule has 4 rings (SSSR count). The maximum atomic E-state index is 14.3. The molecule has 0 radical (unpaired) electrons. The third kappa shape index (κ3) is 16.2. The van der Waals surface area contributed by atoms with Crippen molar-refractivity contribution in [2.75, 3.05) is 13.1 Å². The summed E-state index contributed by atoms with van der Waals surface area (Å²) in [5.41, 5.74) is -0.0590. The van der Waals surface area contributed by atoms with Gasteiger partial charge in [0, 0.05) is 38.3 Å². The molecule has 23 heteroatoms. The molecule has 15 unspecified atom stereocenters. The zero-order valence-electron chi connectivity index (χ0n) is 41.1. The summed E-state index contributed by atoms with van der Waals surface area (Å²) in [6.07, 6.45) is -5.17. The lowest BCUT2D eigenvalue weighted by molar-refractivity contribution is -0.148. The lowest BCUT2D eigenvalue weighted by Gasteiger charge is -2.34. The number of carbonyl (C=O) groups is 7. The second kappa shape index (κ2) is 27.7. The molecule has 3 aliphatic heterocycles. The standard InChI is InChI=1S/C48H77N7O16/c1-5-6-7-8-9-10-11-12-13-14-15-16-34(61)49-31-22-33(60)44(67)53-46(69)38-39(62)25(2)23-55(38)48(71)36(27(4)57)51-45(68)37(41(64)40(63)28-17-19-29(58)20-18-28)52-43(66)32-21-30(59)24-54(32)47(70)35(26(3)56)50-42(31)65/h17-20,25-27,30-33,35-41,44,56-60,62-64,67H,5-16,21-24H2,1-4H3,(H,49,61)(H,50,65)(H,51,68)(H,52,66)(H,53,69). The largest absolute Gasteiger partial charge is 0.508 e. The van der Waals surface area contributed by atoms with Crippen LogP contribution in [0.3, 0.4) is 0 Å². The van der Waals surface area contributed by atoms with Crippen LogP contribution in [0.2, 0.25) is 0 Å². The topological polar surface area (TPSA) is 368 Å². The predicted octanol–water partition coefficient (Wildman–Crippen LogP) is -2.44. The molecule has 3 heterocycles. The molecule has 7 amide bonds. The lowest BCUT2D eigenvalue weighted by Crippen LogP contribution is -2.64. The number of rotatable bonds is 18. The SMILES string of the molecule is CCCCCCCCCCCCCC(=O)NC1CC(O)C(O)NC(=O)C2C(O)C(C)CN2C(=O)C(C(C)O)NC(=O)C(C(O)C(O)c2ccc(O)cc2)NC(=O)C2CC(O)CN2C(=O)C(C(C)O)NC1=O. The minimum atomic E-state index is -2.27. The quantitative estimate of drug-likeness (QED) is 0.0680. The maximum Gasteiger partial charge on any atom is 0.248 e. The summed E-state index contributed by atoms with van der Waals surface area (Å²) in [5, 5.41) is 110. The Morgan fingerprint density at radius 2 is 1.18 bits per heavy atom. The molecular weight excluding hydrogens is 931 g/mol. The maximum absolute atomic E-state index is 14.3. The molecule has 23 nitrogen and oxygen atoms in total. The first kappa shape index (κ1) is 58.6. The highest BCUT2D eigenvalue weighted by Crippen LogP contribution is 2.28. The number of unbranched alkanes of at least 4 members (excludes halogenated alkanes) is 10. The number of phenols is 1. The molecule has 0 bridgehead atoms. The highest BCUT2D eigenvalue weighted by molar-refractivity contribution is 5.98. The zero-order valence-corrected chi connectivity index (χ0v) is 41.1. The number of fused-ring (bicyclic) bond motifs is 2. The van der Waals surface area contributed by atoms with Gasteiger partial charge in [0.2, 0.25) is 41.4 Å². The van der Waals surface area contributed by atoms with E-state index < -0.39 is 152 Å². The highest BCUT2D eigenvalue weighted by Gasteiger charge is 2.50. The molecule has 0 aromatic heterocycles. The van der Waals surface area contributed by atoms with Gasteiger partial charge in [0.05, 0.1) is 24.4 Å². The number of amides is 7. The van der Waals surface area contributed by atoms with Gasteiger partial charge >= 0.3 is 0 Å². The summed E-state index contributed by atoms with van der Waals surface area (Å²) >= 11 is 0. The van der Waals surface area contributed by atoms with Crippen molar-refractivity contribution >= 4 is 41.4 Å². The molecule has 400 valence electrons. The van der Waals surface area contributed by atoms with Gasteiger partial charge in [-0.15, -0.1) is 0 Å².